The number of benzene rings is 1. The van der Waals surface area contributed by atoms with Crippen LogP contribution in [0.15, 0.2) is 18.2 Å². The van der Waals surface area contributed by atoms with Gasteiger partial charge < -0.3 is 28.6 Å². The van der Waals surface area contributed by atoms with Gasteiger partial charge in [-0.25, -0.2) is 0 Å². The highest BCUT2D eigenvalue weighted by atomic mass is 16.7. The van der Waals surface area contributed by atoms with Gasteiger partial charge in [0.2, 0.25) is 5.75 Å². The summed E-state index contributed by atoms with van der Waals surface area (Å²) in [5, 5.41) is 0. The van der Waals surface area contributed by atoms with Crippen molar-refractivity contribution in [2.24, 2.45) is 0 Å². The molecule has 0 unspecified atom stereocenters. The van der Waals surface area contributed by atoms with E-state index in [1.54, 1.807) is 30.2 Å². The summed E-state index contributed by atoms with van der Waals surface area (Å²) in [6, 6.07) is 5.32. The van der Waals surface area contributed by atoms with Gasteiger partial charge in [-0.1, -0.05) is 6.07 Å². The standard InChI is InChI=1S/C17H23NO6/c1-20-13-4-3-5-14(16(13)21-2)22-12-15(19)18-8-6-17(7-9-18)23-10-11-24-17/h3-5H,6-12H2,1-2H3. The van der Waals surface area contributed by atoms with Crippen LogP contribution in [-0.4, -0.2) is 63.7 Å². The Morgan fingerprint density at radius 2 is 1.79 bits per heavy atom. The number of carbonyl (C=O) groups excluding carboxylic acids is 1. The largest absolute Gasteiger partial charge is 0.493 e. The third-order valence-corrected chi connectivity index (χ3v) is 4.41. The number of amides is 1. The quantitative estimate of drug-likeness (QED) is 0.810. The number of piperidine rings is 1. The average molecular weight is 337 g/mol. The van der Waals surface area contributed by atoms with Crippen molar-refractivity contribution in [1.82, 2.24) is 4.90 Å². The fourth-order valence-electron chi connectivity index (χ4n) is 3.08. The molecule has 2 heterocycles. The highest BCUT2D eigenvalue weighted by Gasteiger charge is 2.40. The second-order valence-corrected chi connectivity index (χ2v) is 5.77. The molecule has 0 aromatic heterocycles. The van der Waals surface area contributed by atoms with Gasteiger partial charge in [-0.15, -0.1) is 0 Å². The van der Waals surface area contributed by atoms with Gasteiger partial charge in [-0.05, 0) is 12.1 Å². The van der Waals surface area contributed by atoms with E-state index in [2.05, 4.69) is 0 Å². The number of likely N-dealkylation sites (tertiary alicyclic amines) is 1. The number of carbonyl (C=O) groups is 1. The lowest BCUT2D eigenvalue weighted by Crippen LogP contribution is -2.48. The van der Waals surface area contributed by atoms with Crippen LogP contribution in [0.2, 0.25) is 0 Å². The zero-order valence-corrected chi connectivity index (χ0v) is 14.1. The Hall–Kier alpha value is -1.99. The summed E-state index contributed by atoms with van der Waals surface area (Å²) in [5.41, 5.74) is 0. The van der Waals surface area contributed by atoms with Crippen molar-refractivity contribution < 1.29 is 28.5 Å². The number of ether oxygens (including phenoxy) is 5. The summed E-state index contributed by atoms with van der Waals surface area (Å²) in [7, 11) is 3.10. The lowest BCUT2D eigenvalue weighted by Gasteiger charge is -2.37. The van der Waals surface area contributed by atoms with E-state index in [1.807, 2.05) is 0 Å². The Labute approximate surface area is 141 Å². The summed E-state index contributed by atoms with van der Waals surface area (Å²) in [5.74, 6) is 0.998. The van der Waals surface area contributed by atoms with Crippen LogP contribution in [-0.2, 0) is 14.3 Å². The fourth-order valence-corrected chi connectivity index (χ4v) is 3.08. The molecule has 0 atom stereocenters. The van der Waals surface area contributed by atoms with Crippen molar-refractivity contribution in [1.29, 1.82) is 0 Å². The maximum atomic E-state index is 12.4. The molecule has 0 saturated carbocycles. The Bertz CT molecular complexity index is 574. The summed E-state index contributed by atoms with van der Waals surface area (Å²) in [6.07, 6.45) is 1.39. The van der Waals surface area contributed by atoms with Crippen LogP contribution in [0.4, 0.5) is 0 Å². The van der Waals surface area contributed by atoms with Gasteiger partial charge >= 0.3 is 0 Å². The molecule has 2 fully saturated rings. The van der Waals surface area contributed by atoms with E-state index in [4.69, 9.17) is 23.7 Å². The van der Waals surface area contributed by atoms with Gasteiger partial charge in [0, 0.05) is 25.9 Å². The van der Waals surface area contributed by atoms with Crippen LogP contribution in [0, 0.1) is 0 Å². The summed E-state index contributed by atoms with van der Waals surface area (Å²) in [6.45, 7) is 2.44. The first-order valence-electron chi connectivity index (χ1n) is 8.07. The molecule has 3 rings (SSSR count). The van der Waals surface area contributed by atoms with Gasteiger partial charge in [0.25, 0.3) is 5.91 Å². The monoisotopic (exact) mass is 337 g/mol. The topological polar surface area (TPSA) is 66.5 Å². The zero-order chi connectivity index (χ0) is 17.0. The van der Waals surface area contributed by atoms with Crippen LogP contribution >= 0.6 is 0 Å². The van der Waals surface area contributed by atoms with Crippen molar-refractivity contribution in [3.05, 3.63) is 18.2 Å². The molecule has 1 amide bonds. The molecule has 0 aliphatic carbocycles. The van der Waals surface area contributed by atoms with E-state index >= 15 is 0 Å². The molecule has 24 heavy (non-hydrogen) atoms. The first kappa shape index (κ1) is 16.9. The summed E-state index contributed by atoms with van der Waals surface area (Å²) < 4.78 is 27.5. The number of methoxy groups -OCH3 is 2. The molecular weight excluding hydrogens is 314 g/mol. The number of hydrogen-bond donors (Lipinski definition) is 0. The molecule has 0 N–H and O–H groups in total. The van der Waals surface area contributed by atoms with E-state index in [0.29, 0.717) is 56.4 Å². The third kappa shape index (κ3) is 3.42. The van der Waals surface area contributed by atoms with Gasteiger partial charge in [0.15, 0.2) is 23.9 Å². The smallest absolute Gasteiger partial charge is 0.260 e. The molecule has 2 saturated heterocycles. The maximum absolute atomic E-state index is 12.4. The Morgan fingerprint density at radius 1 is 1.12 bits per heavy atom. The predicted octanol–water partition coefficient (Wildman–Crippen LogP) is 1.45. The van der Waals surface area contributed by atoms with Crippen molar-refractivity contribution in [3.63, 3.8) is 0 Å². The van der Waals surface area contributed by atoms with Crippen LogP contribution in [0.3, 0.4) is 0 Å². The van der Waals surface area contributed by atoms with Crippen molar-refractivity contribution in [3.8, 4) is 17.2 Å². The van der Waals surface area contributed by atoms with Gasteiger partial charge in [0.05, 0.1) is 27.4 Å². The number of para-hydroxylation sites is 1. The van der Waals surface area contributed by atoms with Gasteiger partial charge in [0.1, 0.15) is 0 Å². The molecule has 7 heteroatoms. The van der Waals surface area contributed by atoms with Crippen molar-refractivity contribution in [2.45, 2.75) is 18.6 Å². The predicted molar refractivity (Wildman–Crippen MR) is 85.5 cm³/mol. The second kappa shape index (κ2) is 7.27. The highest BCUT2D eigenvalue weighted by Crippen LogP contribution is 2.36. The third-order valence-electron chi connectivity index (χ3n) is 4.41. The Kier molecular flexibility index (Phi) is 5.11. The first-order chi connectivity index (χ1) is 11.7. The van der Waals surface area contributed by atoms with Crippen LogP contribution < -0.4 is 14.2 Å². The molecular formula is C17H23NO6. The summed E-state index contributed by atoms with van der Waals surface area (Å²) in [4.78, 5) is 14.2. The summed E-state index contributed by atoms with van der Waals surface area (Å²) >= 11 is 0. The SMILES string of the molecule is COc1cccc(OCC(=O)N2CCC3(CC2)OCCO3)c1OC. The molecule has 2 aliphatic heterocycles. The molecule has 7 nitrogen and oxygen atoms in total. The minimum absolute atomic E-state index is 0.0434. The van der Waals surface area contributed by atoms with Crippen molar-refractivity contribution >= 4 is 5.91 Å². The fraction of sp³-hybridized carbons (Fsp3) is 0.588. The van der Waals surface area contributed by atoms with Crippen LogP contribution in [0.25, 0.3) is 0 Å². The first-order valence-corrected chi connectivity index (χ1v) is 8.07. The number of rotatable bonds is 5. The molecule has 2 aliphatic rings. The molecule has 132 valence electrons. The number of nitrogens with zero attached hydrogens (tertiary/aromatic N) is 1. The van der Waals surface area contributed by atoms with Gasteiger partial charge in [-0.3, -0.25) is 4.79 Å². The average Bonchev–Trinajstić information content (AvgIpc) is 3.07. The lowest BCUT2D eigenvalue weighted by atomic mass is 10.0. The maximum Gasteiger partial charge on any atom is 0.260 e. The van der Waals surface area contributed by atoms with Crippen LogP contribution in [0.1, 0.15) is 12.8 Å². The normalized spacial score (nSPS) is 19.3. The molecule has 1 aromatic rings. The highest BCUT2D eigenvalue weighted by molar-refractivity contribution is 5.78. The minimum atomic E-state index is -0.479. The molecule has 0 bridgehead atoms. The Morgan fingerprint density at radius 3 is 2.42 bits per heavy atom. The molecule has 0 radical (unpaired) electrons. The Balaban J connectivity index is 1.55. The lowest BCUT2D eigenvalue weighted by molar-refractivity contribution is -0.187. The van der Waals surface area contributed by atoms with Gasteiger partial charge in [-0.2, -0.15) is 0 Å². The van der Waals surface area contributed by atoms with Crippen molar-refractivity contribution in [2.75, 3.05) is 47.1 Å². The van der Waals surface area contributed by atoms with Crippen LogP contribution in [0.5, 0.6) is 17.2 Å². The molecule has 1 aromatic carbocycles. The second-order valence-electron chi connectivity index (χ2n) is 5.77. The molecule has 1 spiro atoms. The van der Waals surface area contributed by atoms with E-state index in [9.17, 15) is 4.79 Å². The van der Waals surface area contributed by atoms with E-state index in [1.165, 1.54) is 7.11 Å². The number of hydrogen-bond acceptors (Lipinski definition) is 6. The van der Waals surface area contributed by atoms with E-state index in [0.717, 1.165) is 0 Å². The zero-order valence-electron chi connectivity index (χ0n) is 14.1. The van der Waals surface area contributed by atoms with E-state index in [-0.39, 0.29) is 12.5 Å². The minimum Gasteiger partial charge on any atom is -0.493 e. The van der Waals surface area contributed by atoms with E-state index < -0.39 is 5.79 Å².